The number of nitrogens with zero attached hydrogens (tertiary/aromatic N) is 1. The van der Waals surface area contributed by atoms with E-state index in [0.717, 1.165) is 12.1 Å². The molecule has 0 aliphatic carbocycles. The molecule has 0 aromatic heterocycles. The van der Waals surface area contributed by atoms with Gasteiger partial charge in [-0.25, -0.2) is 4.39 Å². The van der Waals surface area contributed by atoms with Crippen molar-refractivity contribution in [3.63, 3.8) is 0 Å². The first kappa shape index (κ1) is 14.0. The van der Waals surface area contributed by atoms with Gasteiger partial charge in [0.25, 0.3) is 0 Å². The minimum Gasteiger partial charge on any atom is -0.489 e. The van der Waals surface area contributed by atoms with E-state index < -0.39 is 0 Å². The van der Waals surface area contributed by atoms with Crippen molar-refractivity contribution in [1.29, 1.82) is 5.26 Å². The number of hydrogen-bond donors (Lipinski definition) is 1. The summed E-state index contributed by atoms with van der Waals surface area (Å²) in [4.78, 5) is 0. The predicted molar refractivity (Wildman–Crippen MR) is 74.7 cm³/mol. The van der Waals surface area contributed by atoms with Crippen molar-refractivity contribution in [2.45, 2.75) is 13.2 Å². The second-order valence-corrected chi connectivity index (χ2v) is 4.38. The lowest BCUT2D eigenvalue weighted by Gasteiger charge is -2.08. The third-order valence-corrected chi connectivity index (χ3v) is 2.87. The first-order valence-electron chi connectivity index (χ1n) is 6.28. The Labute approximate surface area is 117 Å². The van der Waals surface area contributed by atoms with Crippen LogP contribution < -0.4 is 10.1 Å². The summed E-state index contributed by atoms with van der Waals surface area (Å²) in [6.45, 7) is 0.895. The summed E-state index contributed by atoms with van der Waals surface area (Å²) in [5.74, 6) is 0.308. The SMILES string of the molecule is CNCc1ccc(OCc2cc(C#N)ccc2F)cc1. The van der Waals surface area contributed by atoms with Gasteiger partial charge >= 0.3 is 0 Å². The van der Waals surface area contributed by atoms with Gasteiger partial charge in [-0.2, -0.15) is 5.26 Å². The van der Waals surface area contributed by atoms with Crippen LogP contribution in [-0.4, -0.2) is 7.05 Å². The van der Waals surface area contributed by atoms with Crippen LogP contribution in [-0.2, 0) is 13.2 Å². The maximum atomic E-state index is 13.6. The first-order chi connectivity index (χ1) is 9.72. The molecule has 0 aliphatic heterocycles. The molecule has 0 bridgehead atoms. The third kappa shape index (κ3) is 3.56. The fraction of sp³-hybridized carbons (Fsp3) is 0.188. The molecule has 2 rings (SSSR count). The molecule has 0 amide bonds. The first-order valence-corrected chi connectivity index (χ1v) is 6.28. The zero-order chi connectivity index (χ0) is 14.4. The van der Waals surface area contributed by atoms with Crippen molar-refractivity contribution < 1.29 is 9.13 Å². The van der Waals surface area contributed by atoms with Gasteiger partial charge in [0, 0.05) is 12.1 Å². The quantitative estimate of drug-likeness (QED) is 0.908. The second-order valence-electron chi connectivity index (χ2n) is 4.38. The minimum absolute atomic E-state index is 0.104. The Balaban J connectivity index is 2.03. The van der Waals surface area contributed by atoms with Gasteiger partial charge in [0.15, 0.2) is 0 Å². The average molecular weight is 270 g/mol. The Morgan fingerprint density at radius 1 is 1.20 bits per heavy atom. The molecule has 0 heterocycles. The summed E-state index contributed by atoms with van der Waals surface area (Å²) in [5.41, 5.74) is 1.95. The lowest BCUT2D eigenvalue weighted by molar-refractivity contribution is 0.299. The maximum Gasteiger partial charge on any atom is 0.129 e. The van der Waals surface area contributed by atoms with Crippen LogP contribution >= 0.6 is 0 Å². The van der Waals surface area contributed by atoms with E-state index in [1.807, 2.05) is 37.4 Å². The highest BCUT2D eigenvalue weighted by Crippen LogP contribution is 2.16. The molecule has 0 fully saturated rings. The molecule has 4 heteroatoms. The van der Waals surface area contributed by atoms with Crippen molar-refractivity contribution in [2.75, 3.05) is 7.05 Å². The molecule has 0 saturated carbocycles. The summed E-state index contributed by atoms with van der Waals surface area (Å²) in [5, 5.41) is 11.9. The van der Waals surface area contributed by atoms with Gasteiger partial charge in [-0.05, 0) is 42.9 Å². The van der Waals surface area contributed by atoms with Crippen LogP contribution in [0.15, 0.2) is 42.5 Å². The van der Waals surface area contributed by atoms with E-state index in [2.05, 4.69) is 5.32 Å². The number of rotatable bonds is 5. The standard InChI is InChI=1S/C16H15FN2O/c1-19-10-12-2-5-15(6-3-12)20-11-14-8-13(9-18)4-7-16(14)17/h2-8,19H,10-11H2,1H3. The normalized spacial score (nSPS) is 10.1. The number of nitriles is 1. The molecular formula is C16H15FN2O. The van der Waals surface area contributed by atoms with Crippen LogP contribution in [0.5, 0.6) is 5.75 Å². The molecule has 0 spiro atoms. The fourth-order valence-corrected chi connectivity index (χ4v) is 1.82. The van der Waals surface area contributed by atoms with Crippen molar-refractivity contribution in [3.8, 4) is 11.8 Å². The smallest absolute Gasteiger partial charge is 0.129 e. The fourth-order valence-electron chi connectivity index (χ4n) is 1.82. The van der Waals surface area contributed by atoms with Gasteiger partial charge < -0.3 is 10.1 Å². The largest absolute Gasteiger partial charge is 0.489 e. The molecule has 20 heavy (non-hydrogen) atoms. The molecule has 0 unspecified atom stereocenters. The Hall–Kier alpha value is -2.38. The highest BCUT2D eigenvalue weighted by molar-refractivity contribution is 5.34. The number of hydrogen-bond acceptors (Lipinski definition) is 3. The highest BCUT2D eigenvalue weighted by Gasteiger charge is 2.05. The summed E-state index contributed by atoms with van der Waals surface area (Å²) in [6, 6.07) is 13.8. The van der Waals surface area contributed by atoms with Crippen LogP contribution in [0, 0.1) is 17.1 Å². The van der Waals surface area contributed by atoms with Gasteiger partial charge in [0.1, 0.15) is 18.2 Å². The summed E-state index contributed by atoms with van der Waals surface area (Å²) < 4.78 is 19.1. The zero-order valence-corrected chi connectivity index (χ0v) is 11.2. The molecule has 2 aromatic carbocycles. The van der Waals surface area contributed by atoms with E-state index in [0.29, 0.717) is 16.9 Å². The molecule has 3 nitrogen and oxygen atoms in total. The van der Waals surface area contributed by atoms with Crippen molar-refractivity contribution in [2.24, 2.45) is 0 Å². The number of ether oxygens (including phenoxy) is 1. The number of halogens is 1. The molecular weight excluding hydrogens is 255 g/mol. The number of nitrogens with one attached hydrogen (secondary N) is 1. The van der Waals surface area contributed by atoms with E-state index in [1.54, 1.807) is 0 Å². The van der Waals surface area contributed by atoms with E-state index >= 15 is 0 Å². The van der Waals surface area contributed by atoms with E-state index in [1.165, 1.54) is 18.2 Å². The van der Waals surface area contributed by atoms with E-state index in [9.17, 15) is 4.39 Å². The van der Waals surface area contributed by atoms with Crippen LogP contribution in [0.1, 0.15) is 16.7 Å². The Bertz CT molecular complexity index is 617. The molecule has 0 atom stereocenters. The van der Waals surface area contributed by atoms with Crippen LogP contribution in [0.2, 0.25) is 0 Å². The Morgan fingerprint density at radius 2 is 1.95 bits per heavy atom. The maximum absolute atomic E-state index is 13.6. The molecule has 1 N–H and O–H groups in total. The average Bonchev–Trinajstić information content (AvgIpc) is 2.48. The van der Waals surface area contributed by atoms with Gasteiger partial charge in [0.05, 0.1) is 11.6 Å². The number of benzene rings is 2. The molecule has 0 radical (unpaired) electrons. The summed E-state index contributed by atoms with van der Waals surface area (Å²) in [6.07, 6.45) is 0. The van der Waals surface area contributed by atoms with E-state index in [-0.39, 0.29) is 12.4 Å². The molecule has 2 aromatic rings. The van der Waals surface area contributed by atoms with Crippen molar-refractivity contribution >= 4 is 0 Å². The molecule has 102 valence electrons. The van der Waals surface area contributed by atoms with Crippen LogP contribution in [0.4, 0.5) is 4.39 Å². The Morgan fingerprint density at radius 3 is 2.60 bits per heavy atom. The van der Waals surface area contributed by atoms with Gasteiger partial charge in [-0.3, -0.25) is 0 Å². The Kier molecular flexibility index (Phi) is 4.70. The zero-order valence-electron chi connectivity index (χ0n) is 11.2. The lowest BCUT2D eigenvalue weighted by atomic mass is 10.1. The molecule has 0 saturated heterocycles. The van der Waals surface area contributed by atoms with Gasteiger partial charge in [0.2, 0.25) is 0 Å². The van der Waals surface area contributed by atoms with Crippen LogP contribution in [0.3, 0.4) is 0 Å². The monoisotopic (exact) mass is 270 g/mol. The summed E-state index contributed by atoms with van der Waals surface area (Å²) >= 11 is 0. The summed E-state index contributed by atoms with van der Waals surface area (Å²) in [7, 11) is 1.88. The third-order valence-electron chi connectivity index (χ3n) is 2.87. The molecule has 0 aliphatic rings. The van der Waals surface area contributed by atoms with Crippen molar-refractivity contribution in [3.05, 3.63) is 65.0 Å². The van der Waals surface area contributed by atoms with Gasteiger partial charge in [-0.1, -0.05) is 12.1 Å². The second kappa shape index (κ2) is 6.69. The van der Waals surface area contributed by atoms with Gasteiger partial charge in [-0.15, -0.1) is 0 Å². The van der Waals surface area contributed by atoms with Crippen LogP contribution in [0.25, 0.3) is 0 Å². The van der Waals surface area contributed by atoms with E-state index in [4.69, 9.17) is 10.00 Å². The predicted octanol–water partition coefficient (Wildman–Crippen LogP) is 3.00. The minimum atomic E-state index is -0.365. The lowest BCUT2D eigenvalue weighted by Crippen LogP contribution is -2.04. The van der Waals surface area contributed by atoms with Crippen molar-refractivity contribution in [1.82, 2.24) is 5.32 Å². The topological polar surface area (TPSA) is 45.0 Å². The highest BCUT2D eigenvalue weighted by atomic mass is 19.1.